The first-order valence-corrected chi connectivity index (χ1v) is 8.34. The van der Waals surface area contributed by atoms with E-state index < -0.39 is 0 Å². The zero-order chi connectivity index (χ0) is 15.4. The largest absolute Gasteiger partial charge is 0.396 e. The van der Waals surface area contributed by atoms with Gasteiger partial charge in [-0.15, -0.1) is 11.3 Å². The summed E-state index contributed by atoms with van der Waals surface area (Å²) in [5.74, 6) is 1.59. The minimum absolute atomic E-state index is 0.177. The lowest BCUT2D eigenvalue weighted by molar-refractivity contribution is 0.292. The number of fused-ring (bicyclic) bond motifs is 1. The van der Waals surface area contributed by atoms with Gasteiger partial charge in [0.2, 0.25) is 0 Å². The van der Waals surface area contributed by atoms with Gasteiger partial charge in [-0.3, -0.25) is 0 Å². The molecule has 0 atom stereocenters. The van der Waals surface area contributed by atoms with Crippen molar-refractivity contribution in [2.45, 2.75) is 19.8 Å². The van der Waals surface area contributed by atoms with Crippen molar-refractivity contribution in [3.63, 3.8) is 0 Å². The number of nitrogens with zero attached hydrogens (tertiary/aromatic N) is 2. The van der Waals surface area contributed by atoms with Gasteiger partial charge in [0.1, 0.15) is 10.6 Å². The van der Waals surface area contributed by atoms with E-state index >= 15 is 0 Å². The first kappa shape index (κ1) is 14.9. The molecule has 0 fully saturated rings. The Hall–Kier alpha value is -1.98. The van der Waals surface area contributed by atoms with Crippen LogP contribution in [0.4, 0.5) is 5.82 Å². The van der Waals surface area contributed by atoms with Crippen LogP contribution < -0.4 is 5.32 Å². The third kappa shape index (κ3) is 3.10. The number of aliphatic hydroxyl groups excluding tert-OH is 1. The fourth-order valence-corrected chi connectivity index (χ4v) is 3.25. The highest BCUT2D eigenvalue weighted by Gasteiger charge is 2.12. The highest BCUT2D eigenvalue weighted by Crippen LogP contribution is 2.31. The number of aliphatic hydroxyl groups is 1. The average Bonchev–Trinajstić information content (AvgIpc) is 2.99. The highest BCUT2D eigenvalue weighted by molar-refractivity contribution is 7.18. The molecule has 0 aliphatic heterocycles. The molecule has 2 heterocycles. The Morgan fingerprint density at radius 3 is 2.73 bits per heavy atom. The lowest BCUT2D eigenvalue weighted by atomic mass is 10.2. The van der Waals surface area contributed by atoms with E-state index in [1.807, 2.05) is 30.3 Å². The van der Waals surface area contributed by atoms with E-state index in [0.29, 0.717) is 13.0 Å². The maximum Gasteiger partial charge on any atom is 0.163 e. The van der Waals surface area contributed by atoms with Gasteiger partial charge >= 0.3 is 0 Å². The van der Waals surface area contributed by atoms with Crippen LogP contribution in [0, 0.1) is 0 Å². The summed E-state index contributed by atoms with van der Waals surface area (Å²) in [4.78, 5) is 11.7. The molecule has 5 heteroatoms. The van der Waals surface area contributed by atoms with E-state index in [1.54, 1.807) is 11.3 Å². The predicted molar refractivity (Wildman–Crippen MR) is 92.4 cm³/mol. The van der Waals surface area contributed by atoms with Crippen molar-refractivity contribution in [1.29, 1.82) is 0 Å². The Morgan fingerprint density at radius 1 is 1.18 bits per heavy atom. The predicted octanol–water partition coefficient (Wildman–Crippen LogP) is 3.72. The molecule has 4 nitrogen and oxygen atoms in total. The van der Waals surface area contributed by atoms with E-state index in [0.717, 1.165) is 33.8 Å². The van der Waals surface area contributed by atoms with E-state index in [9.17, 15) is 0 Å². The van der Waals surface area contributed by atoms with Gasteiger partial charge in [-0.2, -0.15) is 0 Å². The fourth-order valence-electron chi connectivity index (χ4n) is 2.28. The molecule has 0 bridgehead atoms. The van der Waals surface area contributed by atoms with Crippen LogP contribution in [-0.2, 0) is 6.42 Å². The van der Waals surface area contributed by atoms with Crippen LogP contribution in [0.1, 0.15) is 18.2 Å². The number of aromatic nitrogens is 2. The molecule has 0 radical (unpaired) electrons. The summed E-state index contributed by atoms with van der Waals surface area (Å²) in [5.41, 5.74) is 1.01. The van der Waals surface area contributed by atoms with Gasteiger partial charge in [-0.25, -0.2) is 9.97 Å². The topological polar surface area (TPSA) is 58.0 Å². The zero-order valence-electron chi connectivity index (χ0n) is 12.5. The Bertz CT molecular complexity index is 755. The first-order chi connectivity index (χ1) is 10.8. The maximum absolute atomic E-state index is 8.96. The number of hydrogen-bond donors (Lipinski definition) is 2. The summed E-state index contributed by atoms with van der Waals surface area (Å²) in [7, 11) is 0. The number of nitrogens with one attached hydrogen (secondary N) is 1. The molecular weight excluding hydrogens is 294 g/mol. The Labute approximate surface area is 133 Å². The van der Waals surface area contributed by atoms with Gasteiger partial charge in [-0.1, -0.05) is 37.3 Å². The molecule has 22 heavy (non-hydrogen) atoms. The Morgan fingerprint density at radius 2 is 2.00 bits per heavy atom. The summed E-state index contributed by atoms with van der Waals surface area (Å²) in [6.07, 6.45) is 1.70. The summed E-state index contributed by atoms with van der Waals surface area (Å²) in [6, 6.07) is 12.2. The molecule has 3 rings (SSSR count). The van der Waals surface area contributed by atoms with Gasteiger partial charge in [-0.05, 0) is 18.9 Å². The minimum Gasteiger partial charge on any atom is -0.396 e. The second kappa shape index (κ2) is 6.85. The average molecular weight is 313 g/mol. The van der Waals surface area contributed by atoms with Crippen LogP contribution in [0.2, 0.25) is 0 Å². The molecule has 0 unspecified atom stereocenters. The molecule has 1 aromatic carbocycles. The number of thiophene rings is 1. The molecule has 0 amide bonds. The molecule has 0 aliphatic rings. The van der Waals surface area contributed by atoms with Gasteiger partial charge in [0.05, 0.1) is 5.39 Å². The van der Waals surface area contributed by atoms with Gasteiger partial charge in [0, 0.05) is 23.6 Å². The molecule has 114 valence electrons. The molecule has 0 aliphatic carbocycles. The standard InChI is InChI=1S/C17H19N3OS/c1-2-13-11-14-16(18-9-6-10-21)19-15(20-17(14)22-13)12-7-4-3-5-8-12/h3-5,7-8,11,21H,2,6,9-10H2,1H3,(H,18,19,20). The number of hydrogen-bond acceptors (Lipinski definition) is 5. The molecule has 2 aromatic heterocycles. The van der Waals surface area contributed by atoms with Gasteiger partial charge in [0.25, 0.3) is 0 Å². The van der Waals surface area contributed by atoms with Crippen LogP contribution in [0.3, 0.4) is 0 Å². The van der Waals surface area contributed by atoms with E-state index in [-0.39, 0.29) is 6.61 Å². The molecule has 0 saturated carbocycles. The number of rotatable bonds is 6. The molecular formula is C17H19N3OS. The van der Waals surface area contributed by atoms with Gasteiger partial charge < -0.3 is 10.4 Å². The second-order valence-corrected chi connectivity index (χ2v) is 6.17. The van der Waals surface area contributed by atoms with Crippen molar-refractivity contribution in [2.24, 2.45) is 0 Å². The van der Waals surface area contributed by atoms with Crippen LogP contribution >= 0.6 is 11.3 Å². The maximum atomic E-state index is 8.96. The van der Waals surface area contributed by atoms with E-state index in [2.05, 4.69) is 18.3 Å². The van der Waals surface area contributed by atoms with Crippen LogP contribution in [0.5, 0.6) is 0 Å². The van der Waals surface area contributed by atoms with Crippen molar-refractivity contribution < 1.29 is 5.11 Å². The molecule has 0 spiro atoms. The summed E-state index contributed by atoms with van der Waals surface area (Å²) in [6.45, 7) is 3.03. The summed E-state index contributed by atoms with van der Waals surface area (Å²) in [5, 5.41) is 13.4. The third-order valence-electron chi connectivity index (χ3n) is 3.45. The number of benzene rings is 1. The van der Waals surface area contributed by atoms with Crippen molar-refractivity contribution in [3.05, 3.63) is 41.3 Å². The zero-order valence-corrected chi connectivity index (χ0v) is 13.4. The van der Waals surface area contributed by atoms with Crippen molar-refractivity contribution in [2.75, 3.05) is 18.5 Å². The second-order valence-electron chi connectivity index (χ2n) is 5.05. The van der Waals surface area contributed by atoms with Crippen LogP contribution in [-0.4, -0.2) is 28.2 Å². The summed E-state index contributed by atoms with van der Waals surface area (Å²) < 4.78 is 0. The normalized spacial score (nSPS) is 11.0. The summed E-state index contributed by atoms with van der Waals surface area (Å²) >= 11 is 1.72. The van der Waals surface area contributed by atoms with Gasteiger partial charge in [0.15, 0.2) is 5.82 Å². The Kier molecular flexibility index (Phi) is 4.65. The van der Waals surface area contributed by atoms with Crippen molar-refractivity contribution in [3.8, 4) is 11.4 Å². The SMILES string of the molecule is CCc1cc2c(NCCCO)nc(-c3ccccc3)nc2s1. The molecule has 2 N–H and O–H groups in total. The van der Waals surface area contributed by atoms with E-state index in [1.165, 1.54) is 4.88 Å². The lowest BCUT2D eigenvalue weighted by Crippen LogP contribution is -2.06. The smallest absolute Gasteiger partial charge is 0.163 e. The highest BCUT2D eigenvalue weighted by atomic mass is 32.1. The van der Waals surface area contributed by atoms with Crippen molar-refractivity contribution >= 4 is 27.4 Å². The third-order valence-corrected chi connectivity index (χ3v) is 4.62. The van der Waals surface area contributed by atoms with E-state index in [4.69, 9.17) is 15.1 Å². The fraction of sp³-hybridized carbons (Fsp3) is 0.294. The first-order valence-electron chi connectivity index (χ1n) is 7.52. The Balaban J connectivity index is 2.06. The number of aryl methyl sites for hydroxylation is 1. The van der Waals surface area contributed by atoms with Crippen LogP contribution in [0.25, 0.3) is 21.6 Å². The van der Waals surface area contributed by atoms with Crippen molar-refractivity contribution in [1.82, 2.24) is 9.97 Å². The molecule has 0 saturated heterocycles. The minimum atomic E-state index is 0.177. The molecule has 3 aromatic rings. The monoisotopic (exact) mass is 313 g/mol. The quantitative estimate of drug-likeness (QED) is 0.681. The van der Waals surface area contributed by atoms with Crippen LogP contribution in [0.15, 0.2) is 36.4 Å². The lowest BCUT2D eigenvalue weighted by Gasteiger charge is -2.08. The number of anilines is 1.